The lowest BCUT2D eigenvalue weighted by atomic mass is 10.0. The third kappa shape index (κ3) is 3.54. The summed E-state index contributed by atoms with van der Waals surface area (Å²) >= 11 is 0. The van der Waals surface area contributed by atoms with Gasteiger partial charge in [-0.05, 0) is 13.0 Å². The molecule has 0 N–H and O–H groups in total. The van der Waals surface area contributed by atoms with Crippen molar-refractivity contribution in [3.8, 4) is 22.6 Å². The number of aromatic nitrogens is 6. The first-order valence-corrected chi connectivity index (χ1v) is 10.7. The number of nitrogens with zero attached hydrogens (tertiary/aromatic N) is 6. The summed E-state index contributed by atoms with van der Waals surface area (Å²) in [7, 11) is 4.86. The maximum Gasteiger partial charge on any atom is 0.333 e. The summed E-state index contributed by atoms with van der Waals surface area (Å²) in [4.78, 5) is 21.5. The van der Waals surface area contributed by atoms with Gasteiger partial charge in [0.15, 0.2) is 5.82 Å². The molecule has 180 valence electrons. The molecule has 0 atom stereocenters. The van der Waals surface area contributed by atoms with Crippen molar-refractivity contribution < 1.29 is 17.9 Å². The molecule has 0 bridgehead atoms. The van der Waals surface area contributed by atoms with Crippen LogP contribution in [0.1, 0.15) is 11.3 Å². The van der Waals surface area contributed by atoms with E-state index in [0.717, 1.165) is 28.2 Å². The Hall–Kier alpha value is -4.15. The van der Waals surface area contributed by atoms with Crippen LogP contribution in [0.2, 0.25) is 0 Å². The van der Waals surface area contributed by atoms with E-state index in [2.05, 4.69) is 15.1 Å². The molecule has 0 saturated carbocycles. The Morgan fingerprint density at radius 3 is 2.54 bits per heavy atom. The van der Waals surface area contributed by atoms with E-state index >= 15 is 4.39 Å². The molecule has 0 aliphatic rings. The molecule has 0 spiro atoms. The molecular weight excluding hydrogens is 461 g/mol. The van der Waals surface area contributed by atoms with Gasteiger partial charge < -0.3 is 4.74 Å². The summed E-state index contributed by atoms with van der Waals surface area (Å²) < 4.78 is 51.4. The fourth-order valence-electron chi connectivity index (χ4n) is 4.51. The molecule has 4 aromatic heterocycles. The molecule has 35 heavy (non-hydrogen) atoms. The molecule has 0 aliphatic heterocycles. The van der Waals surface area contributed by atoms with Crippen LogP contribution < -0.4 is 10.4 Å². The van der Waals surface area contributed by atoms with Crippen LogP contribution in [0.4, 0.5) is 13.2 Å². The molecule has 0 saturated heterocycles. The first kappa shape index (κ1) is 22.6. The van der Waals surface area contributed by atoms with Crippen molar-refractivity contribution in [3.63, 3.8) is 0 Å². The number of pyridine rings is 2. The highest BCUT2D eigenvalue weighted by Crippen LogP contribution is 2.38. The molecule has 4 heterocycles. The number of hydrogen-bond acceptors (Lipinski definition) is 5. The van der Waals surface area contributed by atoms with E-state index in [0.29, 0.717) is 33.2 Å². The second-order valence-corrected chi connectivity index (χ2v) is 8.26. The summed E-state index contributed by atoms with van der Waals surface area (Å²) in [5.74, 6) is -0.335. The number of rotatable bonds is 5. The van der Waals surface area contributed by atoms with Gasteiger partial charge in [0.1, 0.15) is 5.75 Å². The van der Waals surface area contributed by atoms with Gasteiger partial charge in [0.05, 0.1) is 47.4 Å². The Morgan fingerprint density at radius 2 is 1.89 bits per heavy atom. The normalized spacial score (nSPS) is 11.8. The van der Waals surface area contributed by atoms with Crippen LogP contribution in [0.3, 0.4) is 0 Å². The predicted molar refractivity (Wildman–Crippen MR) is 125 cm³/mol. The minimum Gasteiger partial charge on any atom is -0.496 e. The first-order chi connectivity index (χ1) is 16.7. The monoisotopic (exact) mass is 482 g/mol. The Morgan fingerprint density at radius 1 is 1.11 bits per heavy atom. The van der Waals surface area contributed by atoms with Crippen molar-refractivity contribution in [2.45, 2.75) is 19.8 Å². The van der Waals surface area contributed by atoms with Crippen LogP contribution in [0.5, 0.6) is 5.75 Å². The summed E-state index contributed by atoms with van der Waals surface area (Å²) in [6, 6.07) is 3.52. The minimum absolute atomic E-state index is 0.0728. The third-order valence-corrected chi connectivity index (χ3v) is 6.05. The Kier molecular flexibility index (Phi) is 5.34. The highest BCUT2D eigenvalue weighted by atomic mass is 19.3. The molecule has 11 heteroatoms. The van der Waals surface area contributed by atoms with Crippen molar-refractivity contribution in [1.82, 2.24) is 28.9 Å². The summed E-state index contributed by atoms with van der Waals surface area (Å²) in [5, 5.41) is 4.92. The van der Waals surface area contributed by atoms with E-state index in [1.165, 1.54) is 24.9 Å². The SMILES string of the molecule is COc1cc2ncc3c(c2cc1-c1cn(C)nc1C)n(-c1c(F)cncc1CC(F)F)c(=O)n3C. The highest BCUT2D eigenvalue weighted by Gasteiger charge is 2.24. The summed E-state index contributed by atoms with van der Waals surface area (Å²) in [6.07, 6.45) is 1.91. The molecule has 0 aliphatic carbocycles. The summed E-state index contributed by atoms with van der Waals surface area (Å²) in [6.45, 7) is 1.86. The van der Waals surface area contributed by atoms with E-state index in [4.69, 9.17) is 4.74 Å². The highest BCUT2D eigenvalue weighted by molar-refractivity contribution is 6.05. The lowest BCUT2D eigenvalue weighted by Gasteiger charge is -2.14. The molecule has 0 unspecified atom stereocenters. The van der Waals surface area contributed by atoms with Gasteiger partial charge in [-0.2, -0.15) is 5.10 Å². The maximum atomic E-state index is 15.1. The standard InChI is InChI=1S/C24H21F3N6O2/c1-12-16(11-31(2)30-12)14-6-15-18(7-20(14)35-4)29-10-19-23(15)33(24(34)32(19)3)22-13(5-21(26)27)8-28-9-17(22)25/h6-11,21H,5H2,1-4H3. The fraction of sp³-hybridized carbons (Fsp3) is 0.250. The number of methoxy groups -OCH3 is 1. The number of alkyl halides is 2. The number of imidazole rings is 1. The van der Waals surface area contributed by atoms with E-state index in [-0.39, 0.29) is 11.3 Å². The molecule has 8 nitrogen and oxygen atoms in total. The fourth-order valence-corrected chi connectivity index (χ4v) is 4.51. The van der Waals surface area contributed by atoms with Gasteiger partial charge in [0.2, 0.25) is 6.43 Å². The Bertz CT molecular complexity index is 1670. The molecule has 0 fully saturated rings. The van der Waals surface area contributed by atoms with Crippen molar-refractivity contribution in [1.29, 1.82) is 0 Å². The van der Waals surface area contributed by atoms with Crippen molar-refractivity contribution >= 4 is 21.9 Å². The van der Waals surface area contributed by atoms with E-state index in [1.807, 2.05) is 13.1 Å². The molecule has 5 aromatic rings. The number of hydrogen-bond donors (Lipinski definition) is 0. The van der Waals surface area contributed by atoms with Crippen LogP contribution in [-0.4, -0.2) is 42.4 Å². The van der Waals surface area contributed by atoms with Gasteiger partial charge in [-0.3, -0.25) is 23.8 Å². The largest absolute Gasteiger partial charge is 0.496 e. The smallest absolute Gasteiger partial charge is 0.333 e. The number of fused-ring (bicyclic) bond motifs is 3. The van der Waals surface area contributed by atoms with Gasteiger partial charge in [0, 0.05) is 61.1 Å². The lowest BCUT2D eigenvalue weighted by molar-refractivity contribution is 0.149. The van der Waals surface area contributed by atoms with Gasteiger partial charge >= 0.3 is 5.69 Å². The average Bonchev–Trinajstić information content (AvgIpc) is 3.28. The third-order valence-electron chi connectivity index (χ3n) is 6.05. The number of aryl methyl sites for hydroxylation is 3. The van der Waals surface area contributed by atoms with Gasteiger partial charge in [0.25, 0.3) is 0 Å². The average molecular weight is 482 g/mol. The zero-order chi connectivity index (χ0) is 25.0. The van der Waals surface area contributed by atoms with Crippen molar-refractivity contribution in [2.75, 3.05) is 7.11 Å². The molecule has 0 amide bonds. The van der Waals surface area contributed by atoms with Gasteiger partial charge in [-0.25, -0.2) is 18.0 Å². The molecule has 5 rings (SSSR count). The topological polar surface area (TPSA) is 79.8 Å². The second-order valence-electron chi connectivity index (χ2n) is 8.26. The Labute approximate surface area is 197 Å². The van der Waals surface area contributed by atoms with E-state index in [9.17, 15) is 13.6 Å². The first-order valence-electron chi connectivity index (χ1n) is 10.7. The van der Waals surface area contributed by atoms with Gasteiger partial charge in [-0.15, -0.1) is 0 Å². The summed E-state index contributed by atoms with van der Waals surface area (Å²) in [5.41, 5.74) is 2.60. The van der Waals surface area contributed by atoms with Crippen LogP contribution in [0, 0.1) is 12.7 Å². The van der Waals surface area contributed by atoms with E-state index < -0.39 is 24.4 Å². The van der Waals surface area contributed by atoms with E-state index in [1.54, 1.807) is 23.9 Å². The van der Waals surface area contributed by atoms with Crippen LogP contribution in [0.25, 0.3) is 38.8 Å². The molecule has 1 aromatic carbocycles. The van der Waals surface area contributed by atoms with Crippen molar-refractivity contribution in [2.24, 2.45) is 14.1 Å². The quantitative estimate of drug-likeness (QED) is 0.379. The van der Waals surface area contributed by atoms with Crippen molar-refractivity contribution in [3.05, 3.63) is 64.5 Å². The number of halogens is 3. The lowest BCUT2D eigenvalue weighted by Crippen LogP contribution is -2.23. The molecular formula is C24H21F3N6O2. The minimum atomic E-state index is -2.74. The second kappa shape index (κ2) is 8.26. The van der Waals surface area contributed by atoms with Crippen LogP contribution in [0.15, 0.2) is 41.7 Å². The number of ether oxygens (including phenoxy) is 1. The van der Waals surface area contributed by atoms with Crippen LogP contribution >= 0.6 is 0 Å². The van der Waals surface area contributed by atoms with Gasteiger partial charge in [-0.1, -0.05) is 0 Å². The predicted octanol–water partition coefficient (Wildman–Crippen LogP) is 3.94. The van der Waals surface area contributed by atoms with Crippen LogP contribution in [-0.2, 0) is 20.5 Å². The zero-order valence-electron chi connectivity index (χ0n) is 19.4. The Balaban J connectivity index is 1.93. The number of benzene rings is 1. The zero-order valence-corrected chi connectivity index (χ0v) is 19.4. The molecule has 0 radical (unpaired) electrons. The maximum absolute atomic E-state index is 15.1.